The number of hydrogen-bond donors (Lipinski definition) is 0. The number of rotatable bonds is 4. The zero-order valence-electron chi connectivity index (χ0n) is 11.2. The average Bonchev–Trinajstić information content (AvgIpc) is 2.44. The van der Waals surface area contributed by atoms with Crippen LogP contribution in [0.4, 0.5) is 5.69 Å². The van der Waals surface area contributed by atoms with Crippen molar-refractivity contribution in [1.29, 1.82) is 0 Å². The van der Waals surface area contributed by atoms with Gasteiger partial charge in [-0.3, -0.25) is 19.5 Å². The van der Waals surface area contributed by atoms with Crippen molar-refractivity contribution in [2.24, 2.45) is 0 Å². The van der Waals surface area contributed by atoms with E-state index in [1.54, 1.807) is 13.0 Å². The van der Waals surface area contributed by atoms with Gasteiger partial charge in [0.15, 0.2) is 0 Å². The van der Waals surface area contributed by atoms with Crippen LogP contribution in [0.3, 0.4) is 0 Å². The Kier molecular flexibility index (Phi) is 4.37. The minimum atomic E-state index is -0.535. The van der Waals surface area contributed by atoms with Gasteiger partial charge in [-0.1, -0.05) is 15.9 Å². The Bertz CT molecular complexity index is 810. The highest BCUT2D eigenvalue weighted by Gasteiger charge is 2.16. The first-order chi connectivity index (χ1) is 9.93. The molecule has 0 spiro atoms. The molecule has 0 unspecified atom stereocenters. The lowest BCUT2D eigenvalue weighted by Gasteiger charge is -2.08. The van der Waals surface area contributed by atoms with E-state index in [1.165, 1.54) is 29.0 Å². The third-order valence-electron chi connectivity index (χ3n) is 3.05. The monoisotopic (exact) mass is 353 g/mol. The highest BCUT2D eigenvalue weighted by Crippen LogP contribution is 2.23. The van der Waals surface area contributed by atoms with Crippen molar-refractivity contribution in [1.82, 2.24) is 9.13 Å². The first-order valence-corrected chi connectivity index (χ1v) is 6.96. The number of halogens is 1. The molecule has 7 nitrogen and oxygen atoms in total. The first-order valence-electron chi connectivity index (χ1n) is 6.17. The summed E-state index contributed by atoms with van der Waals surface area (Å²) in [7, 11) is 0. The minimum Gasteiger partial charge on any atom is -0.301 e. The molecule has 0 atom stereocenters. The number of nitro benzene ring substituents is 1. The molecule has 0 saturated carbocycles. The lowest BCUT2D eigenvalue weighted by atomic mass is 10.2. The van der Waals surface area contributed by atoms with Gasteiger partial charge < -0.3 is 4.57 Å². The molecule has 0 saturated heterocycles. The van der Waals surface area contributed by atoms with Crippen molar-refractivity contribution in [2.45, 2.75) is 20.0 Å². The molecule has 0 radical (unpaired) electrons. The Labute approximate surface area is 127 Å². The summed E-state index contributed by atoms with van der Waals surface area (Å²) in [6.45, 7) is 2.06. The number of hydrogen-bond acceptors (Lipinski definition) is 4. The first kappa shape index (κ1) is 15.2. The average molecular weight is 354 g/mol. The lowest BCUT2D eigenvalue weighted by molar-refractivity contribution is -0.385. The maximum absolute atomic E-state index is 12.1. The smallest absolute Gasteiger partial charge is 0.301 e. The summed E-state index contributed by atoms with van der Waals surface area (Å²) in [6.07, 6.45) is 1.41. The predicted octanol–water partition coefficient (Wildman–Crippen LogP) is 1.75. The topological polar surface area (TPSA) is 87.1 Å². The summed E-state index contributed by atoms with van der Waals surface area (Å²) in [6, 6.07) is 5.78. The van der Waals surface area contributed by atoms with E-state index in [1.807, 2.05) is 0 Å². The molecule has 1 aromatic carbocycles. The number of aromatic nitrogens is 2. The zero-order valence-corrected chi connectivity index (χ0v) is 12.7. The van der Waals surface area contributed by atoms with E-state index in [2.05, 4.69) is 15.9 Å². The van der Waals surface area contributed by atoms with Crippen LogP contribution in [-0.4, -0.2) is 14.1 Å². The predicted molar refractivity (Wildman–Crippen MR) is 80.5 cm³/mol. The third-order valence-corrected chi connectivity index (χ3v) is 3.55. The van der Waals surface area contributed by atoms with Crippen LogP contribution in [0.2, 0.25) is 0 Å². The van der Waals surface area contributed by atoms with Gasteiger partial charge >= 0.3 is 5.69 Å². The van der Waals surface area contributed by atoms with E-state index in [4.69, 9.17) is 0 Å². The van der Waals surface area contributed by atoms with Crippen LogP contribution in [0, 0.1) is 10.1 Å². The highest BCUT2D eigenvalue weighted by atomic mass is 79.9. The van der Waals surface area contributed by atoms with Gasteiger partial charge in [0, 0.05) is 34.9 Å². The van der Waals surface area contributed by atoms with Crippen molar-refractivity contribution >= 4 is 21.6 Å². The van der Waals surface area contributed by atoms with Crippen LogP contribution < -0.4 is 11.2 Å². The fourth-order valence-corrected chi connectivity index (χ4v) is 2.30. The Balaban J connectivity index is 2.56. The van der Waals surface area contributed by atoms with Crippen LogP contribution in [-0.2, 0) is 13.1 Å². The van der Waals surface area contributed by atoms with E-state index < -0.39 is 16.2 Å². The minimum absolute atomic E-state index is 0.137. The molecule has 2 rings (SSSR count). The van der Waals surface area contributed by atoms with E-state index in [0.717, 1.165) is 4.57 Å². The number of nitrogens with zero attached hydrogens (tertiary/aromatic N) is 3. The molecule has 21 heavy (non-hydrogen) atoms. The fourth-order valence-electron chi connectivity index (χ4n) is 1.95. The van der Waals surface area contributed by atoms with Crippen LogP contribution in [0.5, 0.6) is 0 Å². The van der Waals surface area contributed by atoms with Crippen molar-refractivity contribution in [3.63, 3.8) is 0 Å². The molecule has 0 N–H and O–H groups in total. The van der Waals surface area contributed by atoms with Gasteiger partial charge in [-0.05, 0) is 19.1 Å². The van der Waals surface area contributed by atoms with Crippen molar-refractivity contribution in [2.75, 3.05) is 0 Å². The Morgan fingerprint density at radius 1 is 1.29 bits per heavy atom. The molecule has 0 amide bonds. The van der Waals surface area contributed by atoms with E-state index >= 15 is 0 Å². The molecule has 0 aliphatic rings. The maximum Gasteiger partial charge on any atom is 0.331 e. The standard InChI is InChI=1S/C13H12BrN3O4/c1-2-15-6-5-12(18)16(13(15)19)8-9-3-4-10(14)7-11(9)17(20)21/h3-7H,2,8H2,1H3. The van der Waals surface area contributed by atoms with Gasteiger partial charge in [0.25, 0.3) is 11.2 Å². The van der Waals surface area contributed by atoms with E-state index in [-0.39, 0.29) is 12.2 Å². The Hall–Kier alpha value is -2.22. The van der Waals surface area contributed by atoms with Crippen LogP contribution in [0.1, 0.15) is 12.5 Å². The van der Waals surface area contributed by atoms with E-state index in [0.29, 0.717) is 16.6 Å². The molecule has 0 bridgehead atoms. The van der Waals surface area contributed by atoms with Crippen LogP contribution >= 0.6 is 15.9 Å². The SMILES string of the molecule is CCn1ccc(=O)n(Cc2ccc(Br)cc2[N+](=O)[O-])c1=O. The van der Waals surface area contributed by atoms with E-state index in [9.17, 15) is 19.7 Å². The quantitative estimate of drug-likeness (QED) is 0.618. The maximum atomic E-state index is 12.1. The Morgan fingerprint density at radius 3 is 2.62 bits per heavy atom. The molecule has 2 aromatic rings. The molecule has 0 aliphatic carbocycles. The van der Waals surface area contributed by atoms with Gasteiger partial charge in [-0.2, -0.15) is 0 Å². The van der Waals surface area contributed by atoms with Crippen molar-refractivity contribution in [3.05, 3.63) is 71.5 Å². The summed E-state index contributed by atoms with van der Waals surface area (Å²) in [5.74, 6) is 0. The Morgan fingerprint density at radius 2 is 2.00 bits per heavy atom. The molecule has 8 heteroatoms. The van der Waals surface area contributed by atoms with Gasteiger partial charge in [0.1, 0.15) is 0 Å². The summed E-state index contributed by atoms with van der Waals surface area (Å²) in [4.78, 5) is 34.5. The number of nitro groups is 1. The summed E-state index contributed by atoms with van der Waals surface area (Å²) in [5, 5.41) is 11.1. The summed E-state index contributed by atoms with van der Waals surface area (Å²) in [5.41, 5.74) is -0.803. The van der Waals surface area contributed by atoms with Gasteiger partial charge in [0.05, 0.1) is 11.5 Å². The molecular formula is C13H12BrN3O4. The lowest BCUT2D eigenvalue weighted by Crippen LogP contribution is -2.39. The molecule has 110 valence electrons. The fraction of sp³-hybridized carbons (Fsp3) is 0.231. The zero-order chi connectivity index (χ0) is 15.6. The summed E-state index contributed by atoms with van der Waals surface area (Å²) < 4.78 is 2.91. The second-order valence-corrected chi connectivity index (χ2v) is 5.25. The van der Waals surface area contributed by atoms with Crippen molar-refractivity contribution < 1.29 is 4.92 Å². The largest absolute Gasteiger partial charge is 0.331 e. The molecule has 1 aromatic heterocycles. The van der Waals surface area contributed by atoms with Crippen LogP contribution in [0.15, 0.2) is 44.5 Å². The second kappa shape index (κ2) is 6.04. The molecule has 1 heterocycles. The van der Waals surface area contributed by atoms with Crippen molar-refractivity contribution in [3.8, 4) is 0 Å². The molecular weight excluding hydrogens is 342 g/mol. The second-order valence-electron chi connectivity index (χ2n) is 4.34. The number of aryl methyl sites for hydroxylation is 1. The normalized spacial score (nSPS) is 10.6. The summed E-state index contributed by atoms with van der Waals surface area (Å²) >= 11 is 3.16. The molecule has 0 aliphatic heterocycles. The van der Waals surface area contributed by atoms with Gasteiger partial charge in [-0.25, -0.2) is 4.79 Å². The number of benzene rings is 1. The molecule has 0 fully saturated rings. The third kappa shape index (κ3) is 3.10. The van der Waals surface area contributed by atoms with Gasteiger partial charge in [0.2, 0.25) is 0 Å². The van der Waals surface area contributed by atoms with Gasteiger partial charge in [-0.15, -0.1) is 0 Å². The van der Waals surface area contributed by atoms with Crippen LogP contribution in [0.25, 0.3) is 0 Å². The highest BCUT2D eigenvalue weighted by molar-refractivity contribution is 9.10.